The Balaban J connectivity index is 2.43. The van der Waals surface area contributed by atoms with Gasteiger partial charge in [-0.3, -0.25) is 0 Å². The number of carboxylic acid groups (broad SMARTS) is 1. The van der Waals surface area contributed by atoms with Crippen molar-refractivity contribution in [3.63, 3.8) is 0 Å². The Morgan fingerprint density at radius 1 is 1.18 bits per heavy atom. The van der Waals surface area contributed by atoms with Gasteiger partial charge in [-0.1, -0.05) is 26.0 Å². The topological polar surface area (TPSA) is 141 Å². The summed E-state index contributed by atoms with van der Waals surface area (Å²) in [4.78, 5) is 19.7. The molecule has 0 atom stereocenters. The molecule has 0 radical (unpaired) electrons. The molecule has 0 amide bonds. The van der Waals surface area contributed by atoms with E-state index in [4.69, 9.17) is 5.11 Å². The number of aliphatic hydroxyl groups is 2. The smallest absolute Gasteiger partial charge is 0.364 e. The second-order valence-electron chi connectivity index (χ2n) is 8.33. The van der Waals surface area contributed by atoms with Crippen molar-refractivity contribution in [3.05, 3.63) is 47.4 Å². The van der Waals surface area contributed by atoms with Crippen LogP contribution in [0.1, 0.15) is 56.7 Å². The fraction of sp³-hybridized carbons (Fsp3) is 0.435. The largest absolute Gasteiger partial charge is 0.477 e. The second kappa shape index (κ2) is 11.0. The average Bonchev–Trinajstić information content (AvgIpc) is 2.75. The first-order chi connectivity index (χ1) is 15.7. The Morgan fingerprint density at radius 2 is 1.79 bits per heavy atom. The molecule has 0 saturated heterocycles. The summed E-state index contributed by atoms with van der Waals surface area (Å²) >= 11 is 0. The first-order valence-electron chi connectivity index (χ1n) is 10.7. The first-order valence-corrected chi connectivity index (χ1v) is 12.6. The Morgan fingerprint density at radius 3 is 2.32 bits per heavy atom. The van der Waals surface area contributed by atoms with Crippen LogP contribution in [0.5, 0.6) is 0 Å². The molecule has 0 bridgehead atoms. The van der Waals surface area contributed by atoms with Gasteiger partial charge in [0.1, 0.15) is 5.82 Å². The van der Waals surface area contributed by atoms with Crippen molar-refractivity contribution in [2.24, 2.45) is 0 Å². The molecule has 3 N–H and O–H groups in total. The summed E-state index contributed by atoms with van der Waals surface area (Å²) in [5.41, 5.74) is 2.28. The zero-order chi connectivity index (χ0) is 25.7. The highest BCUT2D eigenvalue weighted by atomic mass is 32.2. The lowest BCUT2D eigenvalue weighted by atomic mass is 9.97. The lowest BCUT2D eigenvalue weighted by molar-refractivity contribution is -0.205. The first kappa shape index (κ1) is 27.4. The van der Waals surface area contributed by atoms with Gasteiger partial charge in [0.2, 0.25) is 16.0 Å². The summed E-state index contributed by atoms with van der Waals surface area (Å²) in [5, 5.41) is 27.5. The van der Waals surface area contributed by atoms with Crippen molar-refractivity contribution in [3.8, 4) is 11.3 Å². The lowest BCUT2D eigenvalue weighted by Crippen LogP contribution is -2.37. The lowest BCUT2D eigenvalue weighted by Gasteiger charge is -2.20. The van der Waals surface area contributed by atoms with Gasteiger partial charge < -0.3 is 15.3 Å². The maximum absolute atomic E-state index is 13.5. The minimum atomic E-state index is -3.61. The molecule has 0 fully saturated rings. The van der Waals surface area contributed by atoms with Crippen LogP contribution in [0.3, 0.4) is 0 Å². The van der Waals surface area contributed by atoms with Crippen LogP contribution in [0.15, 0.2) is 30.3 Å². The molecule has 0 aliphatic heterocycles. The van der Waals surface area contributed by atoms with Gasteiger partial charge in [-0.05, 0) is 49.4 Å². The third kappa shape index (κ3) is 7.05. The van der Waals surface area contributed by atoms with Crippen molar-refractivity contribution < 1.29 is 32.9 Å². The third-order valence-electron chi connectivity index (χ3n) is 5.18. The van der Waals surface area contributed by atoms with E-state index in [2.05, 4.69) is 9.97 Å². The van der Waals surface area contributed by atoms with E-state index in [0.29, 0.717) is 35.4 Å². The number of nitrogens with zero attached hydrogens (tertiary/aromatic N) is 3. The molecule has 1 heterocycles. The van der Waals surface area contributed by atoms with Gasteiger partial charge >= 0.3 is 5.97 Å². The molecule has 1 aromatic carbocycles. The van der Waals surface area contributed by atoms with Gasteiger partial charge in [0.05, 0.1) is 17.6 Å². The number of halogens is 1. The summed E-state index contributed by atoms with van der Waals surface area (Å²) in [5.74, 6) is -4.95. The van der Waals surface area contributed by atoms with E-state index in [1.807, 2.05) is 19.9 Å². The minimum absolute atomic E-state index is 0.00132. The van der Waals surface area contributed by atoms with Crippen molar-refractivity contribution in [2.45, 2.75) is 51.2 Å². The summed E-state index contributed by atoms with van der Waals surface area (Å²) in [6.45, 7) is 3.82. The number of anilines is 1. The predicted octanol–water partition coefficient (Wildman–Crippen LogP) is 3.14. The molecule has 2 rings (SSSR count). The molecule has 186 valence electrons. The maximum atomic E-state index is 13.5. The van der Waals surface area contributed by atoms with Crippen LogP contribution >= 0.6 is 0 Å². The Kier molecular flexibility index (Phi) is 8.87. The minimum Gasteiger partial charge on any atom is -0.477 e. The Labute approximate surface area is 198 Å². The highest BCUT2D eigenvalue weighted by Crippen LogP contribution is 2.31. The second-order valence-corrected chi connectivity index (χ2v) is 10.3. The monoisotopic (exact) mass is 495 g/mol. The molecule has 34 heavy (non-hydrogen) atoms. The standard InChI is InChI=1S/C23H30FN3O6S/c1-15(2)19-18(9-7-5-6-8-14-23(30,31)21(28)29)20(16-10-12-17(24)13-11-16)26-22(25-19)27(3)34(4,32)33/h7,9-13,15,30-31H,5-6,8,14H2,1-4H3,(H,28,29). The van der Waals surface area contributed by atoms with E-state index < -0.39 is 27.6 Å². The van der Waals surface area contributed by atoms with Crippen LogP contribution in [0, 0.1) is 5.82 Å². The molecular weight excluding hydrogens is 465 g/mol. The molecule has 0 unspecified atom stereocenters. The van der Waals surface area contributed by atoms with E-state index in [1.54, 1.807) is 18.2 Å². The van der Waals surface area contributed by atoms with E-state index >= 15 is 0 Å². The van der Waals surface area contributed by atoms with Crippen LogP contribution in [0.2, 0.25) is 0 Å². The molecule has 0 aliphatic rings. The molecule has 0 saturated carbocycles. The van der Waals surface area contributed by atoms with E-state index in [9.17, 15) is 27.8 Å². The van der Waals surface area contributed by atoms with Crippen LogP contribution in [0.25, 0.3) is 17.3 Å². The van der Waals surface area contributed by atoms with Crippen LogP contribution in [-0.2, 0) is 14.8 Å². The predicted molar refractivity (Wildman–Crippen MR) is 127 cm³/mol. The summed E-state index contributed by atoms with van der Waals surface area (Å²) < 4.78 is 38.7. The van der Waals surface area contributed by atoms with Gasteiger partial charge in [-0.15, -0.1) is 0 Å². The number of unbranched alkanes of at least 4 members (excludes halogenated alkanes) is 2. The normalized spacial score (nSPS) is 12.5. The zero-order valence-corrected chi connectivity index (χ0v) is 20.4. The molecule has 0 aliphatic carbocycles. The number of aromatic nitrogens is 2. The number of carbonyl (C=O) groups is 1. The Bertz CT molecular complexity index is 1150. The van der Waals surface area contributed by atoms with E-state index in [-0.39, 0.29) is 24.7 Å². The molecule has 2 aromatic rings. The van der Waals surface area contributed by atoms with Gasteiger partial charge in [0, 0.05) is 24.6 Å². The van der Waals surface area contributed by atoms with Crippen LogP contribution < -0.4 is 4.31 Å². The molecule has 0 spiro atoms. The fourth-order valence-corrected chi connectivity index (χ4v) is 3.52. The number of rotatable bonds is 11. The number of benzene rings is 1. The van der Waals surface area contributed by atoms with E-state index in [0.717, 1.165) is 10.6 Å². The number of allylic oxidation sites excluding steroid dienone is 1. The van der Waals surface area contributed by atoms with Crippen molar-refractivity contribution in [1.29, 1.82) is 0 Å². The quantitative estimate of drug-likeness (QED) is 0.319. The van der Waals surface area contributed by atoms with Crippen molar-refractivity contribution in [1.82, 2.24) is 9.97 Å². The van der Waals surface area contributed by atoms with Gasteiger partial charge in [0.25, 0.3) is 5.79 Å². The van der Waals surface area contributed by atoms with Gasteiger partial charge in [0.15, 0.2) is 0 Å². The average molecular weight is 496 g/mol. The van der Waals surface area contributed by atoms with E-state index in [1.165, 1.54) is 19.2 Å². The molecular formula is C23H30FN3O6S. The summed E-state index contributed by atoms with van der Waals surface area (Å²) in [6.07, 6.45) is 5.67. The molecule has 9 nitrogen and oxygen atoms in total. The fourth-order valence-electron chi connectivity index (χ4n) is 3.14. The number of hydrogen-bond donors (Lipinski definition) is 3. The zero-order valence-electron chi connectivity index (χ0n) is 19.6. The number of hydrogen-bond acceptors (Lipinski definition) is 7. The summed E-state index contributed by atoms with van der Waals surface area (Å²) in [7, 11) is -2.26. The number of sulfonamides is 1. The molecule has 1 aromatic heterocycles. The van der Waals surface area contributed by atoms with Crippen molar-refractivity contribution in [2.75, 3.05) is 17.6 Å². The number of carboxylic acids is 1. The number of aliphatic carboxylic acids is 1. The van der Waals surface area contributed by atoms with Crippen LogP contribution in [0.4, 0.5) is 10.3 Å². The maximum Gasteiger partial charge on any atom is 0.364 e. The van der Waals surface area contributed by atoms with Gasteiger partial charge in [-0.25, -0.2) is 31.9 Å². The highest BCUT2D eigenvalue weighted by Gasteiger charge is 2.31. The summed E-state index contributed by atoms with van der Waals surface area (Å²) in [6, 6.07) is 5.69. The van der Waals surface area contributed by atoms with Gasteiger partial charge in [-0.2, -0.15) is 0 Å². The van der Waals surface area contributed by atoms with Crippen LogP contribution in [-0.4, -0.2) is 58.8 Å². The van der Waals surface area contributed by atoms with Crippen molar-refractivity contribution >= 4 is 28.0 Å². The molecule has 11 heteroatoms. The third-order valence-corrected chi connectivity index (χ3v) is 6.34. The highest BCUT2D eigenvalue weighted by molar-refractivity contribution is 7.92. The Hall–Kier alpha value is -2.89. The SMILES string of the molecule is CC(C)c1nc(N(C)S(C)(=O)=O)nc(-c2ccc(F)cc2)c1C=CCCCCC(O)(O)C(=O)O.